The van der Waals surface area contributed by atoms with Gasteiger partial charge in [-0.05, 0) is 60.2 Å². The highest BCUT2D eigenvalue weighted by atomic mass is 16.1. The molecule has 132 valence electrons. The average molecular weight is 344 g/mol. The monoisotopic (exact) mass is 344 g/mol. The zero-order valence-electron chi connectivity index (χ0n) is 15.5. The number of rotatable bonds is 5. The van der Waals surface area contributed by atoms with E-state index < -0.39 is 0 Å². The summed E-state index contributed by atoms with van der Waals surface area (Å²) in [6, 6.07) is 18.0. The molecule has 1 heterocycles. The molecule has 0 saturated heterocycles. The molecule has 1 amide bonds. The van der Waals surface area contributed by atoms with Crippen LogP contribution in [-0.4, -0.2) is 10.9 Å². The molecule has 0 unspecified atom stereocenters. The Balaban J connectivity index is 1.87. The Labute approximate surface area is 155 Å². The molecule has 3 aromatic rings. The highest BCUT2D eigenvalue weighted by Crippen LogP contribution is 2.24. The number of aryl methyl sites for hydroxylation is 3. The second-order valence-electron chi connectivity index (χ2n) is 6.73. The molecule has 1 N–H and O–H groups in total. The Morgan fingerprint density at radius 2 is 1.73 bits per heavy atom. The zero-order chi connectivity index (χ0) is 18.5. The minimum absolute atomic E-state index is 0.00591. The second kappa shape index (κ2) is 7.96. The summed E-state index contributed by atoms with van der Waals surface area (Å²) >= 11 is 0. The molecule has 0 bridgehead atoms. The van der Waals surface area contributed by atoms with Crippen LogP contribution in [0.3, 0.4) is 0 Å². The van der Waals surface area contributed by atoms with Crippen LogP contribution in [0.25, 0.3) is 0 Å². The van der Waals surface area contributed by atoms with Gasteiger partial charge in [0.25, 0.3) is 0 Å². The molecule has 1 atom stereocenters. The maximum atomic E-state index is 12.7. The van der Waals surface area contributed by atoms with Crippen LogP contribution in [-0.2, 0) is 11.2 Å². The molecule has 3 nitrogen and oxygen atoms in total. The number of amides is 1. The Bertz CT molecular complexity index is 903. The van der Waals surface area contributed by atoms with Crippen molar-refractivity contribution in [1.82, 2.24) is 10.3 Å². The van der Waals surface area contributed by atoms with Crippen molar-refractivity contribution in [2.75, 3.05) is 0 Å². The summed E-state index contributed by atoms with van der Waals surface area (Å²) in [6.07, 6.45) is 3.93. The number of nitrogens with zero attached hydrogens (tertiary/aromatic N) is 1. The number of carbonyl (C=O) groups excluding carboxylic acids is 1. The van der Waals surface area contributed by atoms with Crippen molar-refractivity contribution in [3.8, 4) is 0 Å². The van der Waals surface area contributed by atoms with Gasteiger partial charge in [0, 0.05) is 12.4 Å². The van der Waals surface area contributed by atoms with Gasteiger partial charge in [0.2, 0.25) is 5.91 Å². The molecular weight excluding hydrogens is 320 g/mol. The van der Waals surface area contributed by atoms with Crippen molar-refractivity contribution in [3.05, 3.63) is 100 Å². The van der Waals surface area contributed by atoms with E-state index >= 15 is 0 Å². The van der Waals surface area contributed by atoms with Crippen LogP contribution in [0, 0.1) is 20.8 Å². The van der Waals surface area contributed by atoms with Crippen molar-refractivity contribution in [3.63, 3.8) is 0 Å². The standard InChI is InChI=1S/C23H24N2O/c1-16-10-11-20(13-18(16)3)23(21-9-6-12-24-15-21)25-22(26)14-19-8-5-4-7-17(19)2/h4-13,15,23H,14H2,1-3H3,(H,25,26)/t23-/m0/s1. The van der Waals surface area contributed by atoms with Crippen molar-refractivity contribution in [1.29, 1.82) is 0 Å². The van der Waals surface area contributed by atoms with Gasteiger partial charge in [0.05, 0.1) is 12.5 Å². The van der Waals surface area contributed by atoms with Crippen LogP contribution in [0.2, 0.25) is 0 Å². The van der Waals surface area contributed by atoms with Gasteiger partial charge in [0.1, 0.15) is 0 Å². The third-order valence-electron chi connectivity index (χ3n) is 4.80. The summed E-state index contributed by atoms with van der Waals surface area (Å²) in [7, 11) is 0. The van der Waals surface area contributed by atoms with E-state index in [0.29, 0.717) is 6.42 Å². The molecule has 1 aromatic heterocycles. The van der Waals surface area contributed by atoms with Crippen LogP contribution in [0.1, 0.15) is 39.4 Å². The number of benzene rings is 2. The fraction of sp³-hybridized carbons (Fsp3) is 0.217. The smallest absolute Gasteiger partial charge is 0.225 e. The molecule has 0 aliphatic heterocycles. The molecule has 0 saturated carbocycles. The van der Waals surface area contributed by atoms with E-state index in [0.717, 1.165) is 22.3 Å². The lowest BCUT2D eigenvalue weighted by molar-refractivity contribution is -0.120. The first-order valence-electron chi connectivity index (χ1n) is 8.85. The van der Waals surface area contributed by atoms with E-state index in [1.54, 1.807) is 6.20 Å². The third kappa shape index (κ3) is 4.17. The maximum absolute atomic E-state index is 12.7. The predicted octanol–water partition coefficient (Wildman–Crippen LogP) is 4.46. The van der Waals surface area contributed by atoms with E-state index in [-0.39, 0.29) is 11.9 Å². The first kappa shape index (κ1) is 17.9. The highest BCUT2D eigenvalue weighted by Gasteiger charge is 2.18. The normalized spacial score (nSPS) is 11.8. The van der Waals surface area contributed by atoms with Crippen LogP contribution in [0.15, 0.2) is 67.0 Å². The molecule has 0 radical (unpaired) electrons. The second-order valence-corrected chi connectivity index (χ2v) is 6.73. The van der Waals surface area contributed by atoms with E-state index in [9.17, 15) is 4.79 Å². The van der Waals surface area contributed by atoms with Gasteiger partial charge in [-0.2, -0.15) is 0 Å². The lowest BCUT2D eigenvalue weighted by atomic mass is 9.96. The van der Waals surface area contributed by atoms with E-state index in [1.807, 2.05) is 49.5 Å². The van der Waals surface area contributed by atoms with Gasteiger partial charge in [-0.25, -0.2) is 0 Å². The van der Waals surface area contributed by atoms with Crippen LogP contribution in [0.4, 0.5) is 0 Å². The molecule has 3 rings (SSSR count). The molecular formula is C23H24N2O. The molecule has 3 heteroatoms. The lowest BCUT2D eigenvalue weighted by Gasteiger charge is -2.21. The summed E-state index contributed by atoms with van der Waals surface area (Å²) in [5.41, 5.74) is 6.68. The number of carbonyl (C=O) groups is 1. The maximum Gasteiger partial charge on any atom is 0.225 e. The van der Waals surface area contributed by atoms with Crippen LogP contribution < -0.4 is 5.32 Å². The van der Waals surface area contributed by atoms with Crippen molar-refractivity contribution in [2.45, 2.75) is 33.2 Å². The van der Waals surface area contributed by atoms with Gasteiger partial charge in [-0.3, -0.25) is 9.78 Å². The summed E-state index contributed by atoms with van der Waals surface area (Å²) in [5, 5.41) is 3.19. The quantitative estimate of drug-likeness (QED) is 0.743. The minimum atomic E-state index is -0.209. The molecule has 26 heavy (non-hydrogen) atoms. The summed E-state index contributed by atoms with van der Waals surface area (Å²) in [6.45, 7) is 6.22. The topological polar surface area (TPSA) is 42.0 Å². The minimum Gasteiger partial charge on any atom is -0.345 e. The lowest BCUT2D eigenvalue weighted by Crippen LogP contribution is -2.31. The summed E-state index contributed by atoms with van der Waals surface area (Å²) in [5.74, 6) is 0.00591. The summed E-state index contributed by atoms with van der Waals surface area (Å²) in [4.78, 5) is 17.0. The highest BCUT2D eigenvalue weighted by molar-refractivity contribution is 5.79. The van der Waals surface area contributed by atoms with Crippen molar-refractivity contribution < 1.29 is 4.79 Å². The fourth-order valence-electron chi connectivity index (χ4n) is 3.04. The van der Waals surface area contributed by atoms with Gasteiger partial charge < -0.3 is 5.32 Å². The first-order valence-corrected chi connectivity index (χ1v) is 8.85. The van der Waals surface area contributed by atoms with Crippen LogP contribution in [0.5, 0.6) is 0 Å². The van der Waals surface area contributed by atoms with E-state index in [2.05, 4.69) is 42.3 Å². The number of hydrogen-bond acceptors (Lipinski definition) is 2. The van der Waals surface area contributed by atoms with Gasteiger partial charge in [0.15, 0.2) is 0 Å². The van der Waals surface area contributed by atoms with Crippen LogP contribution >= 0.6 is 0 Å². The summed E-state index contributed by atoms with van der Waals surface area (Å²) < 4.78 is 0. The Hall–Kier alpha value is -2.94. The third-order valence-corrected chi connectivity index (χ3v) is 4.80. The SMILES string of the molecule is Cc1ccc([C@H](NC(=O)Cc2ccccc2C)c2cccnc2)cc1C. The molecule has 0 spiro atoms. The molecule has 2 aromatic carbocycles. The van der Waals surface area contributed by atoms with Gasteiger partial charge in [-0.1, -0.05) is 48.5 Å². The molecule has 0 fully saturated rings. The van der Waals surface area contributed by atoms with Crippen molar-refractivity contribution in [2.24, 2.45) is 0 Å². The largest absolute Gasteiger partial charge is 0.345 e. The van der Waals surface area contributed by atoms with Gasteiger partial charge in [-0.15, -0.1) is 0 Å². The zero-order valence-corrected chi connectivity index (χ0v) is 15.5. The Morgan fingerprint density at radius 3 is 2.42 bits per heavy atom. The Kier molecular flexibility index (Phi) is 5.47. The predicted molar refractivity (Wildman–Crippen MR) is 105 cm³/mol. The number of pyridine rings is 1. The first-order chi connectivity index (χ1) is 12.5. The fourth-order valence-corrected chi connectivity index (χ4v) is 3.04. The Morgan fingerprint density at radius 1 is 0.923 bits per heavy atom. The van der Waals surface area contributed by atoms with Crippen molar-refractivity contribution >= 4 is 5.91 Å². The van der Waals surface area contributed by atoms with E-state index in [1.165, 1.54) is 11.1 Å². The molecule has 0 aliphatic rings. The number of hydrogen-bond donors (Lipinski definition) is 1. The number of nitrogens with one attached hydrogen (secondary N) is 1. The number of aromatic nitrogens is 1. The molecule has 0 aliphatic carbocycles. The van der Waals surface area contributed by atoms with E-state index in [4.69, 9.17) is 0 Å². The average Bonchev–Trinajstić information content (AvgIpc) is 2.65. The van der Waals surface area contributed by atoms with Gasteiger partial charge >= 0.3 is 0 Å².